The second-order valence-corrected chi connectivity index (χ2v) is 4.75. The molecule has 0 aliphatic rings. The van der Waals surface area contributed by atoms with Gasteiger partial charge < -0.3 is 11.1 Å². The number of halogens is 3. The number of unbranched alkanes of at least 4 members (excludes halogenated alkanes) is 1. The molecule has 0 aliphatic heterocycles. The van der Waals surface area contributed by atoms with Crippen molar-refractivity contribution in [2.45, 2.75) is 38.4 Å². The Morgan fingerprint density at radius 2 is 1.85 bits per heavy atom. The predicted molar refractivity (Wildman–Crippen MR) is 71.0 cm³/mol. The van der Waals surface area contributed by atoms with Gasteiger partial charge in [-0.1, -0.05) is 29.8 Å². The molecule has 3 N–H and O–H groups in total. The molecular formula is C14H19F3N2O. The molecule has 0 aliphatic carbocycles. The number of rotatable bonds is 6. The van der Waals surface area contributed by atoms with Gasteiger partial charge in [-0.2, -0.15) is 13.2 Å². The van der Waals surface area contributed by atoms with E-state index in [1.807, 2.05) is 19.1 Å². The Bertz CT molecular complexity index is 429. The molecule has 1 amide bonds. The lowest BCUT2D eigenvalue weighted by atomic mass is 10.1. The topological polar surface area (TPSA) is 55.1 Å². The fourth-order valence-corrected chi connectivity index (χ4v) is 1.70. The molecule has 20 heavy (non-hydrogen) atoms. The van der Waals surface area contributed by atoms with E-state index in [4.69, 9.17) is 5.73 Å². The maximum atomic E-state index is 11.9. The highest BCUT2D eigenvalue weighted by Crippen LogP contribution is 2.21. The van der Waals surface area contributed by atoms with Crippen molar-refractivity contribution < 1.29 is 18.0 Å². The largest absolute Gasteiger partial charge is 0.389 e. The van der Waals surface area contributed by atoms with Gasteiger partial charge in [-0.25, -0.2) is 0 Å². The average molecular weight is 288 g/mol. The van der Waals surface area contributed by atoms with E-state index in [2.05, 4.69) is 5.32 Å². The Labute approximate surface area is 116 Å². The minimum absolute atomic E-state index is 0.00352. The molecule has 0 saturated heterocycles. The highest BCUT2D eigenvalue weighted by atomic mass is 19.4. The van der Waals surface area contributed by atoms with Gasteiger partial charge in [0.05, 0.1) is 0 Å². The van der Waals surface area contributed by atoms with Gasteiger partial charge in [-0.3, -0.25) is 4.79 Å². The summed E-state index contributed by atoms with van der Waals surface area (Å²) in [5, 5.41) is 2.55. The lowest BCUT2D eigenvalue weighted by Crippen LogP contribution is -2.34. The summed E-state index contributed by atoms with van der Waals surface area (Å²) in [6.07, 6.45) is -4.68. The normalized spacial score (nSPS) is 13.1. The zero-order valence-corrected chi connectivity index (χ0v) is 11.3. The molecular weight excluding hydrogens is 269 g/mol. The van der Waals surface area contributed by atoms with Gasteiger partial charge in [-0.05, 0) is 25.3 Å². The number of aryl methyl sites for hydroxylation is 1. The third-order valence-corrected chi connectivity index (χ3v) is 2.91. The second-order valence-electron chi connectivity index (χ2n) is 4.75. The van der Waals surface area contributed by atoms with Crippen LogP contribution in [-0.4, -0.2) is 18.6 Å². The fourth-order valence-electron chi connectivity index (χ4n) is 1.70. The van der Waals surface area contributed by atoms with E-state index in [1.165, 1.54) is 0 Å². The maximum Gasteiger partial charge on any atom is 0.389 e. The molecule has 1 atom stereocenters. The van der Waals surface area contributed by atoms with Crippen LogP contribution in [-0.2, 0) is 4.79 Å². The molecule has 1 unspecified atom stereocenters. The monoisotopic (exact) mass is 288 g/mol. The second kappa shape index (κ2) is 7.28. The van der Waals surface area contributed by atoms with E-state index in [0.717, 1.165) is 5.56 Å². The SMILES string of the molecule is Cc1ccc(C(N)C(=O)NCCCCC(F)(F)F)cc1. The van der Waals surface area contributed by atoms with E-state index in [1.54, 1.807) is 12.1 Å². The Balaban J connectivity index is 2.30. The van der Waals surface area contributed by atoms with Gasteiger partial charge in [0.2, 0.25) is 5.91 Å². The first kappa shape index (κ1) is 16.5. The van der Waals surface area contributed by atoms with Gasteiger partial charge in [-0.15, -0.1) is 0 Å². The molecule has 0 aromatic heterocycles. The number of hydrogen-bond donors (Lipinski definition) is 2. The van der Waals surface area contributed by atoms with Crippen molar-refractivity contribution >= 4 is 5.91 Å². The van der Waals surface area contributed by atoms with Gasteiger partial charge in [0.15, 0.2) is 0 Å². The number of alkyl halides is 3. The molecule has 112 valence electrons. The zero-order chi connectivity index (χ0) is 15.2. The molecule has 1 aromatic carbocycles. The van der Waals surface area contributed by atoms with Crippen molar-refractivity contribution in [1.82, 2.24) is 5.32 Å². The summed E-state index contributed by atoms with van der Waals surface area (Å²) in [6.45, 7) is 2.13. The smallest absolute Gasteiger partial charge is 0.354 e. The first-order valence-electron chi connectivity index (χ1n) is 6.46. The van der Waals surface area contributed by atoms with Crippen molar-refractivity contribution in [2.24, 2.45) is 5.73 Å². The molecule has 0 fully saturated rings. The number of hydrogen-bond acceptors (Lipinski definition) is 2. The van der Waals surface area contributed by atoms with Crippen LogP contribution < -0.4 is 11.1 Å². The number of carbonyl (C=O) groups excluding carboxylic acids is 1. The first-order valence-corrected chi connectivity index (χ1v) is 6.46. The highest BCUT2D eigenvalue weighted by molar-refractivity contribution is 5.82. The standard InChI is InChI=1S/C14H19F3N2O/c1-10-4-6-11(7-5-10)12(18)13(20)19-9-3-2-8-14(15,16)17/h4-7,12H,2-3,8-9,18H2,1H3,(H,19,20). The summed E-state index contributed by atoms with van der Waals surface area (Å²) in [4.78, 5) is 11.7. The molecule has 0 spiro atoms. The first-order chi connectivity index (χ1) is 9.29. The highest BCUT2D eigenvalue weighted by Gasteiger charge is 2.25. The lowest BCUT2D eigenvalue weighted by Gasteiger charge is -2.13. The molecule has 0 heterocycles. The number of nitrogens with two attached hydrogens (primary N) is 1. The summed E-state index contributed by atoms with van der Waals surface area (Å²) >= 11 is 0. The van der Waals surface area contributed by atoms with Gasteiger partial charge in [0.1, 0.15) is 6.04 Å². The predicted octanol–water partition coefficient (Wildman–Crippen LogP) is 2.84. The Morgan fingerprint density at radius 1 is 1.25 bits per heavy atom. The van der Waals surface area contributed by atoms with Crippen molar-refractivity contribution in [3.05, 3.63) is 35.4 Å². The van der Waals surface area contributed by atoms with Crippen LogP contribution in [0, 0.1) is 6.92 Å². The molecule has 1 rings (SSSR count). The maximum absolute atomic E-state index is 11.9. The van der Waals surface area contributed by atoms with E-state index < -0.39 is 18.6 Å². The molecule has 0 radical (unpaired) electrons. The van der Waals surface area contributed by atoms with Gasteiger partial charge in [0.25, 0.3) is 0 Å². The van der Waals surface area contributed by atoms with Gasteiger partial charge in [0, 0.05) is 13.0 Å². The molecule has 0 saturated carbocycles. The van der Waals surface area contributed by atoms with Crippen LogP contribution in [0.4, 0.5) is 13.2 Å². The number of nitrogens with one attached hydrogen (secondary N) is 1. The van der Waals surface area contributed by atoms with E-state index in [-0.39, 0.29) is 25.3 Å². The van der Waals surface area contributed by atoms with Crippen LogP contribution in [0.25, 0.3) is 0 Å². The Hall–Kier alpha value is -1.56. The summed E-state index contributed by atoms with van der Waals surface area (Å²) in [6, 6.07) is 6.45. The van der Waals surface area contributed by atoms with Crippen LogP contribution in [0.3, 0.4) is 0 Å². The van der Waals surface area contributed by atoms with Crippen LogP contribution in [0.15, 0.2) is 24.3 Å². The number of benzene rings is 1. The summed E-state index contributed by atoms with van der Waals surface area (Å²) < 4.78 is 35.7. The minimum atomic E-state index is -4.14. The Morgan fingerprint density at radius 3 is 2.40 bits per heavy atom. The molecule has 6 heteroatoms. The quantitative estimate of drug-likeness (QED) is 0.791. The molecule has 0 bridgehead atoms. The lowest BCUT2D eigenvalue weighted by molar-refractivity contribution is -0.135. The Kier molecular flexibility index (Phi) is 6.01. The zero-order valence-electron chi connectivity index (χ0n) is 11.3. The summed E-state index contributed by atoms with van der Waals surface area (Å²) in [5.41, 5.74) is 7.53. The van der Waals surface area contributed by atoms with Crippen molar-refractivity contribution in [3.63, 3.8) is 0 Å². The average Bonchev–Trinajstić information content (AvgIpc) is 2.37. The summed E-state index contributed by atoms with van der Waals surface area (Å²) in [7, 11) is 0. The van der Waals surface area contributed by atoms with Crippen LogP contribution in [0.2, 0.25) is 0 Å². The number of carbonyl (C=O) groups is 1. The van der Waals surface area contributed by atoms with E-state index >= 15 is 0 Å². The van der Waals surface area contributed by atoms with Crippen LogP contribution in [0.5, 0.6) is 0 Å². The van der Waals surface area contributed by atoms with E-state index in [0.29, 0.717) is 5.56 Å². The van der Waals surface area contributed by atoms with Crippen LogP contribution >= 0.6 is 0 Å². The minimum Gasteiger partial charge on any atom is -0.354 e. The summed E-state index contributed by atoms with van der Waals surface area (Å²) in [5.74, 6) is -0.374. The van der Waals surface area contributed by atoms with Crippen molar-refractivity contribution in [3.8, 4) is 0 Å². The number of amides is 1. The third-order valence-electron chi connectivity index (χ3n) is 2.91. The van der Waals surface area contributed by atoms with Crippen molar-refractivity contribution in [2.75, 3.05) is 6.54 Å². The molecule has 1 aromatic rings. The van der Waals surface area contributed by atoms with Crippen LogP contribution in [0.1, 0.15) is 36.4 Å². The van der Waals surface area contributed by atoms with Gasteiger partial charge >= 0.3 is 6.18 Å². The fraction of sp³-hybridized carbons (Fsp3) is 0.500. The third kappa shape index (κ3) is 6.06. The molecule has 3 nitrogen and oxygen atoms in total. The van der Waals surface area contributed by atoms with Crippen molar-refractivity contribution in [1.29, 1.82) is 0 Å². The van der Waals surface area contributed by atoms with E-state index in [9.17, 15) is 18.0 Å².